The minimum Gasteiger partial charge on any atom is -0.396 e. The highest BCUT2D eigenvalue weighted by atomic mass is 32.2. The van der Waals surface area contributed by atoms with Crippen molar-refractivity contribution in [2.24, 2.45) is 0 Å². The molecule has 0 bridgehead atoms. The molecular formula is C12H18FNO3S. The number of unbranched alkanes of at least 4 members (excludes halogenated alkanes) is 1. The summed E-state index contributed by atoms with van der Waals surface area (Å²) in [7, 11) is -3.54. The Labute approximate surface area is 107 Å². The summed E-state index contributed by atoms with van der Waals surface area (Å²) in [4.78, 5) is 0. The maximum absolute atomic E-state index is 13.6. The minimum absolute atomic E-state index is 0.0403. The van der Waals surface area contributed by atoms with E-state index in [-0.39, 0.29) is 24.6 Å². The Kier molecular flexibility index (Phi) is 5.55. The number of para-hydroxylation sites is 1. The highest BCUT2D eigenvalue weighted by molar-refractivity contribution is 7.92. The van der Waals surface area contributed by atoms with Crippen LogP contribution in [-0.2, 0) is 10.0 Å². The molecule has 1 rings (SSSR count). The van der Waals surface area contributed by atoms with E-state index in [0.717, 1.165) is 4.31 Å². The third kappa shape index (κ3) is 3.68. The zero-order valence-electron chi connectivity index (χ0n) is 10.3. The van der Waals surface area contributed by atoms with E-state index < -0.39 is 15.8 Å². The Morgan fingerprint density at radius 3 is 2.50 bits per heavy atom. The van der Waals surface area contributed by atoms with Gasteiger partial charge in [0.25, 0.3) is 0 Å². The van der Waals surface area contributed by atoms with Gasteiger partial charge >= 0.3 is 0 Å². The lowest BCUT2D eigenvalue weighted by molar-refractivity contribution is 0.287. The SMILES string of the molecule is CCN(c1ccccc1F)S(=O)(=O)CCCCO. The first kappa shape index (κ1) is 14.9. The summed E-state index contributed by atoms with van der Waals surface area (Å²) < 4.78 is 38.8. The average molecular weight is 275 g/mol. The van der Waals surface area contributed by atoms with Crippen molar-refractivity contribution in [1.29, 1.82) is 0 Å². The van der Waals surface area contributed by atoms with Gasteiger partial charge in [-0.3, -0.25) is 4.31 Å². The molecule has 0 aliphatic heterocycles. The summed E-state index contributed by atoms with van der Waals surface area (Å²) in [5.74, 6) is -0.638. The van der Waals surface area contributed by atoms with Gasteiger partial charge in [0.2, 0.25) is 10.0 Å². The first-order valence-corrected chi connectivity index (χ1v) is 7.49. The van der Waals surface area contributed by atoms with Crippen molar-refractivity contribution in [3.8, 4) is 0 Å². The minimum atomic E-state index is -3.54. The molecular weight excluding hydrogens is 257 g/mol. The number of aliphatic hydroxyl groups is 1. The maximum atomic E-state index is 13.6. The molecule has 1 N–H and O–H groups in total. The fourth-order valence-corrected chi connectivity index (χ4v) is 3.31. The third-order valence-electron chi connectivity index (χ3n) is 2.55. The number of anilines is 1. The molecule has 0 unspecified atom stereocenters. The van der Waals surface area contributed by atoms with Gasteiger partial charge in [-0.1, -0.05) is 12.1 Å². The average Bonchev–Trinajstić information content (AvgIpc) is 2.32. The largest absolute Gasteiger partial charge is 0.396 e. The number of benzene rings is 1. The molecule has 0 saturated heterocycles. The lowest BCUT2D eigenvalue weighted by atomic mass is 10.3. The second-order valence-electron chi connectivity index (χ2n) is 3.86. The van der Waals surface area contributed by atoms with Crippen molar-refractivity contribution in [2.45, 2.75) is 19.8 Å². The van der Waals surface area contributed by atoms with Crippen molar-refractivity contribution in [3.63, 3.8) is 0 Å². The summed E-state index contributed by atoms with van der Waals surface area (Å²) in [5.41, 5.74) is 0.0731. The van der Waals surface area contributed by atoms with Gasteiger partial charge in [0.05, 0.1) is 11.4 Å². The molecule has 0 spiro atoms. The molecule has 0 saturated carbocycles. The maximum Gasteiger partial charge on any atom is 0.235 e. The smallest absolute Gasteiger partial charge is 0.235 e. The second kappa shape index (κ2) is 6.70. The molecule has 102 valence electrons. The second-order valence-corrected chi connectivity index (χ2v) is 5.88. The number of hydrogen-bond donors (Lipinski definition) is 1. The van der Waals surface area contributed by atoms with Gasteiger partial charge in [-0.2, -0.15) is 0 Å². The molecule has 0 aliphatic carbocycles. The molecule has 0 radical (unpaired) electrons. The van der Waals surface area contributed by atoms with Crippen molar-refractivity contribution < 1.29 is 17.9 Å². The predicted octanol–water partition coefficient (Wildman–Crippen LogP) is 1.75. The monoisotopic (exact) mass is 275 g/mol. The first-order valence-electron chi connectivity index (χ1n) is 5.88. The lowest BCUT2D eigenvalue weighted by Gasteiger charge is -2.23. The molecule has 1 aromatic carbocycles. The summed E-state index contributed by atoms with van der Waals surface area (Å²) in [5, 5.41) is 8.65. The van der Waals surface area contributed by atoms with Gasteiger partial charge in [0.15, 0.2) is 0 Å². The van der Waals surface area contributed by atoms with Gasteiger partial charge in [0.1, 0.15) is 5.82 Å². The van der Waals surface area contributed by atoms with E-state index in [1.54, 1.807) is 13.0 Å². The molecule has 0 aromatic heterocycles. The summed E-state index contributed by atoms with van der Waals surface area (Å²) in [6.45, 7) is 1.81. The Morgan fingerprint density at radius 1 is 1.28 bits per heavy atom. The van der Waals surface area contributed by atoms with E-state index in [4.69, 9.17) is 5.11 Å². The van der Waals surface area contributed by atoms with E-state index in [0.29, 0.717) is 12.8 Å². The molecule has 0 fully saturated rings. The molecule has 0 heterocycles. The van der Waals surface area contributed by atoms with E-state index in [9.17, 15) is 12.8 Å². The van der Waals surface area contributed by atoms with Gasteiger partial charge < -0.3 is 5.11 Å². The Hall–Kier alpha value is -1.14. The highest BCUT2D eigenvalue weighted by Gasteiger charge is 2.22. The van der Waals surface area contributed by atoms with Crippen LogP contribution in [0.2, 0.25) is 0 Å². The van der Waals surface area contributed by atoms with E-state index >= 15 is 0 Å². The van der Waals surface area contributed by atoms with Gasteiger partial charge in [-0.15, -0.1) is 0 Å². The van der Waals surface area contributed by atoms with Crippen molar-refractivity contribution in [1.82, 2.24) is 0 Å². The predicted molar refractivity (Wildman–Crippen MR) is 69.5 cm³/mol. The molecule has 0 amide bonds. The van der Waals surface area contributed by atoms with Gasteiger partial charge in [-0.05, 0) is 31.9 Å². The molecule has 18 heavy (non-hydrogen) atoms. The van der Waals surface area contributed by atoms with Crippen LogP contribution in [0.5, 0.6) is 0 Å². The van der Waals surface area contributed by atoms with Crippen LogP contribution in [0.25, 0.3) is 0 Å². The molecule has 0 atom stereocenters. The van der Waals surface area contributed by atoms with Crippen LogP contribution in [0.1, 0.15) is 19.8 Å². The van der Waals surface area contributed by atoms with Crippen LogP contribution in [-0.4, -0.2) is 32.4 Å². The summed E-state index contributed by atoms with van der Waals surface area (Å²) >= 11 is 0. The normalized spacial score (nSPS) is 11.5. The summed E-state index contributed by atoms with van der Waals surface area (Å²) in [6.07, 6.45) is 0.790. The van der Waals surface area contributed by atoms with Gasteiger partial charge in [0, 0.05) is 13.2 Å². The number of hydrogen-bond acceptors (Lipinski definition) is 3. The van der Waals surface area contributed by atoms with Gasteiger partial charge in [-0.25, -0.2) is 12.8 Å². The van der Waals surface area contributed by atoms with Crippen molar-refractivity contribution in [3.05, 3.63) is 30.1 Å². The topological polar surface area (TPSA) is 57.6 Å². The van der Waals surface area contributed by atoms with Crippen LogP contribution in [0.15, 0.2) is 24.3 Å². The van der Waals surface area contributed by atoms with E-state index in [2.05, 4.69) is 0 Å². The standard InChI is InChI=1S/C12H18FNO3S/c1-2-14(12-8-4-3-7-11(12)13)18(16,17)10-6-5-9-15/h3-4,7-8,15H,2,5-6,9-10H2,1H3. The zero-order chi connectivity index (χ0) is 13.6. The molecule has 1 aromatic rings. The third-order valence-corrected chi connectivity index (χ3v) is 4.49. The van der Waals surface area contributed by atoms with Crippen LogP contribution >= 0.6 is 0 Å². The molecule has 6 heteroatoms. The van der Waals surface area contributed by atoms with Crippen LogP contribution in [0.4, 0.5) is 10.1 Å². The molecule has 4 nitrogen and oxygen atoms in total. The number of sulfonamides is 1. The fourth-order valence-electron chi connectivity index (χ4n) is 1.68. The molecule has 0 aliphatic rings. The van der Waals surface area contributed by atoms with Crippen molar-refractivity contribution in [2.75, 3.05) is 23.2 Å². The van der Waals surface area contributed by atoms with E-state index in [1.807, 2.05) is 0 Å². The van der Waals surface area contributed by atoms with E-state index in [1.165, 1.54) is 18.2 Å². The van der Waals surface area contributed by atoms with Crippen LogP contribution in [0.3, 0.4) is 0 Å². The number of nitrogens with zero attached hydrogens (tertiary/aromatic N) is 1. The Balaban J connectivity index is 2.93. The first-order chi connectivity index (χ1) is 8.53. The van der Waals surface area contributed by atoms with Crippen LogP contribution < -0.4 is 4.31 Å². The Morgan fingerprint density at radius 2 is 1.94 bits per heavy atom. The quantitative estimate of drug-likeness (QED) is 0.771. The zero-order valence-corrected chi connectivity index (χ0v) is 11.2. The lowest BCUT2D eigenvalue weighted by Crippen LogP contribution is -2.33. The van der Waals surface area contributed by atoms with Crippen molar-refractivity contribution >= 4 is 15.7 Å². The fraction of sp³-hybridized carbons (Fsp3) is 0.500. The highest BCUT2D eigenvalue weighted by Crippen LogP contribution is 2.22. The summed E-state index contributed by atoms with van der Waals surface area (Å²) in [6, 6.07) is 5.80. The number of aliphatic hydroxyl groups excluding tert-OH is 1. The Bertz CT molecular complexity index is 476. The number of halogens is 1. The van der Waals surface area contributed by atoms with Crippen LogP contribution in [0, 0.1) is 5.82 Å². The number of rotatable bonds is 7.